The molecular formula is C41H42F4N8O4. The number of halogens is 4. The number of anilines is 1. The second kappa shape index (κ2) is 16.5. The van der Waals surface area contributed by atoms with E-state index < -0.39 is 53.3 Å². The molecule has 12 nitrogen and oxygen atoms in total. The molecule has 3 aromatic carbocycles. The molecular weight excluding hydrogens is 744 g/mol. The SMILES string of the molecule is CCN1C(=O)[C@@H](NC(=O)c2cccc(C(F)(F)F)c2)[C@@H](c2ccc(F)cc2)c2c(C(=O)N(C)[C@H](C#N)CCN3CCN(C4COC4)CC3)nn(-c3ccccc3)c21. The number of hydrogen-bond donors (Lipinski definition) is 1. The third-order valence-corrected chi connectivity index (χ3v) is 11.0. The topological polar surface area (TPSA) is 127 Å². The Morgan fingerprint density at radius 2 is 1.72 bits per heavy atom. The smallest absolute Gasteiger partial charge is 0.378 e. The summed E-state index contributed by atoms with van der Waals surface area (Å²) in [5.41, 5.74) is -0.413. The highest BCUT2D eigenvalue weighted by Gasteiger charge is 2.48. The molecule has 57 heavy (non-hydrogen) atoms. The Morgan fingerprint density at radius 3 is 2.33 bits per heavy atom. The lowest BCUT2D eigenvalue weighted by molar-refractivity contribution is -0.137. The maximum atomic E-state index is 14.8. The zero-order chi connectivity index (χ0) is 40.4. The van der Waals surface area contributed by atoms with Crippen molar-refractivity contribution >= 4 is 23.5 Å². The predicted molar refractivity (Wildman–Crippen MR) is 201 cm³/mol. The average molecular weight is 787 g/mol. The Labute approximate surface area is 327 Å². The number of carbonyl (C=O) groups excluding carboxylic acids is 3. The van der Waals surface area contributed by atoms with E-state index in [1.165, 1.54) is 51.9 Å². The number of nitrogens with one attached hydrogen (secondary N) is 1. The number of amides is 3. The molecule has 4 heterocycles. The standard InChI is InChI=1S/C41H42F4N8O4/c1-3-52-38-34(33(26-12-14-29(42)15-13-26)35(40(52)56)47-37(54)27-8-7-9-28(22-27)41(43,44)45)36(48-53(38)30-10-5-4-6-11-30)39(55)49(2)31(23-46)16-17-50-18-20-51(21-19-50)32-24-57-25-32/h4-15,22,31-33,35H,3,16-21,24-25H2,1-2H3,(H,47,54)/t31-,33-,35-/m0/s1. The fourth-order valence-corrected chi connectivity index (χ4v) is 7.74. The zero-order valence-corrected chi connectivity index (χ0v) is 31.5. The van der Waals surface area contributed by atoms with Crippen molar-refractivity contribution < 1.29 is 36.7 Å². The van der Waals surface area contributed by atoms with Gasteiger partial charge in [-0.1, -0.05) is 36.4 Å². The molecule has 298 valence electrons. The molecule has 0 radical (unpaired) electrons. The molecule has 3 amide bonds. The third kappa shape index (κ3) is 8.00. The van der Waals surface area contributed by atoms with Gasteiger partial charge in [-0.15, -0.1) is 0 Å². The summed E-state index contributed by atoms with van der Waals surface area (Å²) in [5.74, 6) is -3.71. The van der Waals surface area contributed by atoms with Crippen LogP contribution in [0.2, 0.25) is 0 Å². The molecule has 16 heteroatoms. The number of carbonyl (C=O) groups is 3. The van der Waals surface area contributed by atoms with Crippen LogP contribution in [-0.4, -0.2) is 120 Å². The molecule has 3 aliphatic rings. The highest BCUT2D eigenvalue weighted by Crippen LogP contribution is 2.44. The number of rotatable bonds is 11. The van der Waals surface area contributed by atoms with E-state index in [2.05, 4.69) is 21.2 Å². The molecule has 3 aliphatic heterocycles. The molecule has 0 saturated carbocycles. The van der Waals surface area contributed by atoms with E-state index in [9.17, 15) is 37.2 Å². The van der Waals surface area contributed by atoms with Gasteiger partial charge in [0.05, 0.1) is 36.6 Å². The maximum Gasteiger partial charge on any atom is 0.416 e. The fraction of sp³-hybridized carbons (Fsp3) is 0.390. The monoisotopic (exact) mass is 786 g/mol. The fourth-order valence-electron chi connectivity index (χ4n) is 7.74. The van der Waals surface area contributed by atoms with Crippen LogP contribution in [0.1, 0.15) is 56.8 Å². The van der Waals surface area contributed by atoms with Crippen molar-refractivity contribution in [3.05, 3.63) is 113 Å². The molecule has 0 bridgehead atoms. The Balaban J connectivity index is 1.27. The van der Waals surface area contributed by atoms with Crippen LogP contribution in [0.4, 0.5) is 23.4 Å². The highest BCUT2D eigenvalue weighted by molar-refractivity contribution is 6.07. The third-order valence-electron chi connectivity index (χ3n) is 11.0. The van der Waals surface area contributed by atoms with Crippen LogP contribution in [0.25, 0.3) is 5.69 Å². The van der Waals surface area contributed by atoms with E-state index in [1.54, 1.807) is 37.3 Å². The average Bonchev–Trinajstić information content (AvgIpc) is 3.58. The lowest BCUT2D eigenvalue weighted by atomic mass is 9.80. The van der Waals surface area contributed by atoms with Crippen molar-refractivity contribution in [3.63, 3.8) is 0 Å². The molecule has 4 aromatic rings. The number of fused-ring (bicyclic) bond motifs is 1. The summed E-state index contributed by atoms with van der Waals surface area (Å²) >= 11 is 0. The van der Waals surface area contributed by atoms with E-state index in [0.717, 1.165) is 51.5 Å². The van der Waals surface area contributed by atoms with Crippen LogP contribution in [0.15, 0.2) is 78.9 Å². The molecule has 1 aromatic heterocycles. The minimum Gasteiger partial charge on any atom is -0.378 e. The minimum absolute atomic E-state index is 0.0573. The first kappa shape index (κ1) is 39.6. The van der Waals surface area contributed by atoms with E-state index >= 15 is 0 Å². The van der Waals surface area contributed by atoms with Gasteiger partial charge in [0.1, 0.15) is 23.7 Å². The van der Waals surface area contributed by atoms with Gasteiger partial charge in [0.25, 0.3) is 17.7 Å². The van der Waals surface area contributed by atoms with Crippen LogP contribution in [0, 0.1) is 17.1 Å². The Bertz CT molecular complexity index is 2140. The van der Waals surface area contributed by atoms with Crippen molar-refractivity contribution in [3.8, 4) is 11.8 Å². The van der Waals surface area contributed by atoms with Crippen LogP contribution in [0.3, 0.4) is 0 Å². The molecule has 0 aliphatic carbocycles. The van der Waals surface area contributed by atoms with Gasteiger partial charge in [-0.25, -0.2) is 9.07 Å². The molecule has 3 atom stereocenters. The zero-order valence-electron chi connectivity index (χ0n) is 31.5. The molecule has 2 fully saturated rings. The number of ether oxygens (including phenoxy) is 1. The number of alkyl halides is 3. The first-order chi connectivity index (χ1) is 27.4. The van der Waals surface area contributed by atoms with Gasteiger partial charge in [0.2, 0.25) is 0 Å². The molecule has 7 rings (SSSR count). The first-order valence-electron chi connectivity index (χ1n) is 18.8. The normalized spacial score (nSPS) is 19.7. The lowest BCUT2D eigenvalue weighted by Gasteiger charge is -2.42. The molecule has 0 spiro atoms. The number of para-hydroxylation sites is 1. The Kier molecular flexibility index (Phi) is 11.4. The number of nitrogens with zero attached hydrogens (tertiary/aromatic N) is 7. The van der Waals surface area contributed by atoms with E-state index in [-0.39, 0.29) is 29.2 Å². The van der Waals surface area contributed by atoms with Gasteiger partial charge in [-0.3, -0.25) is 24.2 Å². The van der Waals surface area contributed by atoms with Crippen LogP contribution in [0.5, 0.6) is 0 Å². The largest absolute Gasteiger partial charge is 0.416 e. The summed E-state index contributed by atoms with van der Waals surface area (Å²) < 4.78 is 62.1. The van der Waals surface area contributed by atoms with E-state index in [4.69, 9.17) is 9.84 Å². The van der Waals surface area contributed by atoms with Crippen molar-refractivity contribution in [1.82, 2.24) is 29.8 Å². The highest BCUT2D eigenvalue weighted by atomic mass is 19.4. The summed E-state index contributed by atoms with van der Waals surface area (Å²) in [4.78, 5) is 50.5. The van der Waals surface area contributed by atoms with Gasteiger partial charge >= 0.3 is 6.18 Å². The van der Waals surface area contributed by atoms with Crippen molar-refractivity contribution in [2.24, 2.45) is 0 Å². The number of piperazine rings is 1. The summed E-state index contributed by atoms with van der Waals surface area (Å²) in [6.07, 6.45) is -4.38. The summed E-state index contributed by atoms with van der Waals surface area (Å²) in [5, 5.41) is 17.8. The van der Waals surface area contributed by atoms with Gasteiger partial charge in [0, 0.05) is 63.4 Å². The van der Waals surface area contributed by atoms with Crippen molar-refractivity contribution in [1.29, 1.82) is 5.26 Å². The summed E-state index contributed by atoms with van der Waals surface area (Å²) in [6, 6.07) is 18.2. The summed E-state index contributed by atoms with van der Waals surface area (Å²) in [7, 11) is 1.52. The number of aromatic nitrogens is 2. The van der Waals surface area contributed by atoms with Gasteiger partial charge < -0.3 is 19.9 Å². The number of benzene rings is 3. The quantitative estimate of drug-likeness (QED) is 0.217. The van der Waals surface area contributed by atoms with Gasteiger partial charge in [0.15, 0.2) is 5.69 Å². The number of hydrogen-bond acceptors (Lipinski definition) is 8. The first-order valence-corrected chi connectivity index (χ1v) is 18.8. The van der Waals surface area contributed by atoms with Crippen LogP contribution >= 0.6 is 0 Å². The number of likely N-dealkylation sites (N-methyl/N-ethyl adjacent to an activating group) is 1. The summed E-state index contributed by atoms with van der Waals surface area (Å²) in [6.45, 7) is 7.20. The van der Waals surface area contributed by atoms with Crippen molar-refractivity contribution in [2.45, 2.75) is 43.6 Å². The van der Waals surface area contributed by atoms with Crippen LogP contribution < -0.4 is 10.2 Å². The second-order valence-corrected chi connectivity index (χ2v) is 14.4. The van der Waals surface area contributed by atoms with Gasteiger partial charge in [-0.2, -0.15) is 23.5 Å². The van der Waals surface area contributed by atoms with E-state index in [0.29, 0.717) is 36.3 Å². The Morgan fingerprint density at radius 1 is 1.02 bits per heavy atom. The van der Waals surface area contributed by atoms with Gasteiger partial charge in [-0.05, 0) is 61.4 Å². The van der Waals surface area contributed by atoms with Crippen molar-refractivity contribution in [2.75, 3.05) is 64.4 Å². The molecule has 1 N–H and O–H groups in total. The lowest BCUT2D eigenvalue weighted by Crippen LogP contribution is -2.56. The molecule has 2 saturated heterocycles. The number of nitriles is 1. The molecule has 0 unspecified atom stereocenters. The minimum atomic E-state index is -4.73. The predicted octanol–water partition coefficient (Wildman–Crippen LogP) is 4.70. The van der Waals surface area contributed by atoms with E-state index in [1.807, 2.05) is 0 Å². The second-order valence-electron chi connectivity index (χ2n) is 14.4. The Hall–Kier alpha value is -5.63. The van der Waals surface area contributed by atoms with Crippen LogP contribution in [-0.2, 0) is 15.7 Å². The maximum absolute atomic E-state index is 14.8.